The van der Waals surface area contributed by atoms with Crippen molar-refractivity contribution in [1.82, 2.24) is 14.8 Å². The summed E-state index contributed by atoms with van der Waals surface area (Å²) < 4.78 is 5.36. The Bertz CT molecular complexity index is 745. The summed E-state index contributed by atoms with van der Waals surface area (Å²) in [5.41, 5.74) is 2.61. The summed E-state index contributed by atoms with van der Waals surface area (Å²) in [5.74, 6) is 2.24. The van der Waals surface area contributed by atoms with Gasteiger partial charge in [-0.2, -0.15) is 0 Å². The normalized spacial score (nSPS) is 17.9. The van der Waals surface area contributed by atoms with Gasteiger partial charge in [0.2, 0.25) is 0 Å². The first-order valence-corrected chi connectivity index (χ1v) is 12.0. The van der Waals surface area contributed by atoms with Crippen molar-refractivity contribution in [3.8, 4) is 5.75 Å². The SMILES string of the molecule is CCN(Cc1nc(C(C)C)cs1)C[C@H]1CCCN(CCc2cccc(OC)c2)C1. The lowest BCUT2D eigenvalue weighted by molar-refractivity contribution is 0.133. The maximum atomic E-state index is 5.36. The molecule has 0 unspecified atom stereocenters. The van der Waals surface area contributed by atoms with Crippen LogP contribution in [0.25, 0.3) is 0 Å². The second-order valence-electron chi connectivity index (χ2n) is 8.56. The lowest BCUT2D eigenvalue weighted by Gasteiger charge is -2.35. The lowest BCUT2D eigenvalue weighted by Crippen LogP contribution is -2.41. The Balaban J connectivity index is 1.48. The van der Waals surface area contributed by atoms with Gasteiger partial charge in [0.15, 0.2) is 0 Å². The Morgan fingerprint density at radius 3 is 2.93 bits per heavy atom. The van der Waals surface area contributed by atoms with Crippen molar-refractivity contribution in [2.75, 3.05) is 39.8 Å². The van der Waals surface area contributed by atoms with Crippen LogP contribution in [0.2, 0.25) is 0 Å². The van der Waals surface area contributed by atoms with Gasteiger partial charge in [0.05, 0.1) is 19.3 Å². The maximum Gasteiger partial charge on any atom is 0.119 e. The number of thiazole rings is 1. The van der Waals surface area contributed by atoms with Crippen LogP contribution in [0.15, 0.2) is 29.6 Å². The van der Waals surface area contributed by atoms with Crippen LogP contribution in [-0.4, -0.2) is 54.6 Å². The van der Waals surface area contributed by atoms with E-state index in [-0.39, 0.29) is 0 Å². The molecule has 1 aromatic carbocycles. The highest BCUT2D eigenvalue weighted by Crippen LogP contribution is 2.22. The first kappa shape index (κ1) is 22.3. The van der Waals surface area contributed by atoms with Gasteiger partial charge in [0.25, 0.3) is 0 Å². The number of aromatic nitrogens is 1. The van der Waals surface area contributed by atoms with E-state index in [9.17, 15) is 0 Å². The van der Waals surface area contributed by atoms with Crippen molar-refractivity contribution < 1.29 is 4.74 Å². The molecule has 5 heteroatoms. The third kappa shape index (κ3) is 6.80. The van der Waals surface area contributed by atoms with Gasteiger partial charge in [0.1, 0.15) is 10.8 Å². The molecule has 0 spiro atoms. The monoisotopic (exact) mass is 415 g/mol. The van der Waals surface area contributed by atoms with E-state index >= 15 is 0 Å². The highest BCUT2D eigenvalue weighted by Gasteiger charge is 2.22. The van der Waals surface area contributed by atoms with Gasteiger partial charge in [0, 0.05) is 25.0 Å². The molecule has 1 aromatic heterocycles. The summed E-state index contributed by atoms with van der Waals surface area (Å²) in [6.45, 7) is 13.6. The Morgan fingerprint density at radius 2 is 2.21 bits per heavy atom. The summed E-state index contributed by atoms with van der Waals surface area (Å²) >= 11 is 1.82. The van der Waals surface area contributed by atoms with Crippen molar-refractivity contribution >= 4 is 11.3 Å². The minimum absolute atomic E-state index is 0.520. The maximum absolute atomic E-state index is 5.36. The largest absolute Gasteiger partial charge is 0.497 e. The topological polar surface area (TPSA) is 28.6 Å². The van der Waals surface area contributed by atoms with Crippen molar-refractivity contribution in [1.29, 1.82) is 0 Å². The molecule has 0 radical (unpaired) electrons. The molecule has 0 amide bonds. The minimum atomic E-state index is 0.520. The molecule has 1 aliphatic heterocycles. The van der Waals surface area contributed by atoms with Crippen LogP contribution >= 0.6 is 11.3 Å². The zero-order valence-corrected chi connectivity index (χ0v) is 19.4. The number of rotatable bonds is 10. The molecule has 1 saturated heterocycles. The molecule has 0 bridgehead atoms. The minimum Gasteiger partial charge on any atom is -0.497 e. The van der Waals surface area contributed by atoms with Crippen molar-refractivity contribution in [3.63, 3.8) is 0 Å². The van der Waals surface area contributed by atoms with E-state index in [0.29, 0.717) is 5.92 Å². The van der Waals surface area contributed by atoms with Gasteiger partial charge in [-0.05, 0) is 61.9 Å². The van der Waals surface area contributed by atoms with Crippen LogP contribution in [-0.2, 0) is 13.0 Å². The molecule has 4 nitrogen and oxygen atoms in total. The summed E-state index contributed by atoms with van der Waals surface area (Å²) in [6.07, 6.45) is 3.76. The number of ether oxygens (including phenoxy) is 1. The van der Waals surface area contributed by atoms with E-state index in [2.05, 4.69) is 54.2 Å². The van der Waals surface area contributed by atoms with Crippen LogP contribution < -0.4 is 4.74 Å². The average molecular weight is 416 g/mol. The van der Waals surface area contributed by atoms with Crippen LogP contribution in [0.4, 0.5) is 0 Å². The Labute approximate surface area is 180 Å². The van der Waals surface area contributed by atoms with Gasteiger partial charge in [-0.25, -0.2) is 4.98 Å². The Morgan fingerprint density at radius 1 is 1.34 bits per heavy atom. The van der Waals surface area contributed by atoms with Crippen LogP contribution in [0.1, 0.15) is 55.8 Å². The standard InChI is InChI=1S/C24H37N3OS/c1-5-26(17-24-25-23(18-29-24)19(2)3)15-21-9-7-12-27(16-21)13-11-20-8-6-10-22(14-20)28-4/h6,8,10,14,18-19,21H,5,7,9,11-13,15-17H2,1-4H3/t21-/m1/s1. The van der Waals surface area contributed by atoms with Crippen molar-refractivity contribution in [2.45, 2.75) is 52.5 Å². The quantitative estimate of drug-likeness (QED) is 0.543. The molecule has 0 aliphatic carbocycles. The molecule has 0 N–H and O–H groups in total. The summed E-state index contributed by atoms with van der Waals surface area (Å²) in [4.78, 5) is 10.1. The molecule has 1 aliphatic rings. The van der Waals surface area contributed by atoms with Crippen LogP contribution in [0, 0.1) is 5.92 Å². The number of hydrogen-bond donors (Lipinski definition) is 0. The molecule has 160 valence electrons. The third-order valence-electron chi connectivity index (χ3n) is 5.94. The van der Waals surface area contributed by atoms with E-state index in [4.69, 9.17) is 9.72 Å². The fourth-order valence-corrected chi connectivity index (χ4v) is 5.14. The highest BCUT2D eigenvalue weighted by atomic mass is 32.1. The number of likely N-dealkylation sites (tertiary alicyclic amines) is 1. The van der Waals surface area contributed by atoms with Crippen molar-refractivity contribution in [2.24, 2.45) is 5.92 Å². The molecule has 2 aromatic rings. The predicted molar refractivity (Wildman–Crippen MR) is 123 cm³/mol. The molecule has 29 heavy (non-hydrogen) atoms. The number of piperidine rings is 1. The van der Waals surface area contributed by atoms with Crippen LogP contribution in [0.3, 0.4) is 0 Å². The highest BCUT2D eigenvalue weighted by molar-refractivity contribution is 7.09. The molecule has 1 atom stereocenters. The van der Waals surface area contributed by atoms with E-state index < -0.39 is 0 Å². The van der Waals surface area contributed by atoms with E-state index in [0.717, 1.165) is 37.7 Å². The fourth-order valence-electron chi connectivity index (χ4n) is 4.14. The average Bonchev–Trinajstić information content (AvgIpc) is 3.21. The first-order chi connectivity index (χ1) is 14.1. The van der Waals surface area contributed by atoms with Gasteiger partial charge in [-0.1, -0.05) is 32.9 Å². The van der Waals surface area contributed by atoms with Gasteiger partial charge in [-0.3, -0.25) is 4.90 Å². The zero-order valence-electron chi connectivity index (χ0n) is 18.6. The second kappa shape index (κ2) is 11.1. The number of benzene rings is 1. The number of methoxy groups -OCH3 is 1. The molecule has 2 heterocycles. The molecule has 3 rings (SSSR count). The smallest absolute Gasteiger partial charge is 0.119 e. The van der Waals surface area contributed by atoms with Gasteiger partial charge in [-0.15, -0.1) is 11.3 Å². The van der Waals surface area contributed by atoms with E-state index in [1.165, 1.54) is 48.7 Å². The second-order valence-corrected chi connectivity index (χ2v) is 9.50. The number of nitrogens with zero attached hydrogens (tertiary/aromatic N) is 3. The molecule has 0 saturated carbocycles. The van der Waals surface area contributed by atoms with E-state index in [1.807, 2.05) is 17.4 Å². The van der Waals surface area contributed by atoms with Crippen molar-refractivity contribution in [3.05, 3.63) is 45.9 Å². The van der Waals surface area contributed by atoms with Gasteiger partial charge >= 0.3 is 0 Å². The summed E-state index contributed by atoms with van der Waals surface area (Å²) in [7, 11) is 1.74. The number of hydrogen-bond acceptors (Lipinski definition) is 5. The third-order valence-corrected chi connectivity index (χ3v) is 6.79. The molecular weight excluding hydrogens is 378 g/mol. The molecular formula is C24H37N3OS. The van der Waals surface area contributed by atoms with E-state index in [1.54, 1.807) is 7.11 Å². The fraction of sp³-hybridized carbons (Fsp3) is 0.625. The summed E-state index contributed by atoms with van der Waals surface area (Å²) in [5, 5.41) is 3.50. The first-order valence-electron chi connectivity index (χ1n) is 11.1. The summed E-state index contributed by atoms with van der Waals surface area (Å²) in [6, 6.07) is 8.49. The zero-order chi connectivity index (χ0) is 20.6. The van der Waals surface area contributed by atoms with Crippen LogP contribution in [0.5, 0.6) is 5.75 Å². The molecule has 1 fully saturated rings. The Kier molecular flexibility index (Phi) is 8.52. The Hall–Kier alpha value is -1.43. The van der Waals surface area contributed by atoms with Gasteiger partial charge < -0.3 is 9.64 Å². The lowest BCUT2D eigenvalue weighted by atomic mass is 9.97. The predicted octanol–water partition coefficient (Wildman–Crippen LogP) is 5.05.